The van der Waals surface area contributed by atoms with Crippen molar-refractivity contribution in [2.75, 3.05) is 19.7 Å². The molecule has 3 fully saturated rings. The number of carbonyl (C=O) groups excluding carboxylic acids is 1. The first kappa shape index (κ1) is 17.1. The van der Waals surface area contributed by atoms with Crippen molar-refractivity contribution in [1.82, 2.24) is 19.8 Å². The molecule has 3 aliphatic heterocycles. The van der Waals surface area contributed by atoms with Gasteiger partial charge in [-0.3, -0.25) is 9.69 Å². The van der Waals surface area contributed by atoms with Gasteiger partial charge < -0.3 is 14.6 Å². The number of ether oxygens (including phenoxy) is 1. The number of nitrogens with one attached hydrogen (secondary N) is 1. The van der Waals surface area contributed by atoms with E-state index in [1.807, 2.05) is 24.7 Å². The molecule has 26 heavy (non-hydrogen) atoms. The minimum atomic E-state index is 0.159. The maximum Gasteiger partial charge on any atom is 0.224 e. The van der Waals surface area contributed by atoms with Crippen molar-refractivity contribution in [2.45, 2.75) is 38.4 Å². The Bertz CT molecular complexity index is 714. The van der Waals surface area contributed by atoms with Crippen molar-refractivity contribution in [1.29, 1.82) is 0 Å². The first-order valence-corrected chi connectivity index (χ1v) is 9.46. The summed E-state index contributed by atoms with van der Waals surface area (Å²) in [5, 5.41) is 3.14. The predicted octanol–water partition coefficient (Wildman–Crippen LogP) is 2.06. The molecular weight excluding hydrogens is 328 g/mol. The van der Waals surface area contributed by atoms with Gasteiger partial charge in [-0.25, -0.2) is 4.98 Å². The summed E-state index contributed by atoms with van der Waals surface area (Å²) in [6.07, 6.45) is 8.68. The average molecular weight is 354 g/mol. The number of carbonyl (C=O) groups is 1. The average Bonchev–Trinajstić information content (AvgIpc) is 3.02. The van der Waals surface area contributed by atoms with E-state index in [0.717, 1.165) is 51.2 Å². The van der Waals surface area contributed by atoms with E-state index in [9.17, 15) is 4.79 Å². The van der Waals surface area contributed by atoms with Crippen molar-refractivity contribution in [3.8, 4) is 5.75 Å². The molecule has 0 aliphatic carbocycles. The van der Waals surface area contributed by atoms with E-state index in [4.69, 9.17) is 4.74 Å². The van der Waals surface area contributed by atoms with Crippen LogP contribution in [0.3, 0.4) is 0 Å². The summed E-state index contributed by atoms with van der Waals surface area (Å²) in [5.74, 6) is 1.31. The normalized spacial score (nSPS) is 22.8. The summed E-state index contributed by atoms with van der Waals surface area (Å²) in [4.78, 5) is 18.4. The van der Waals surface area contributed by atoms with Gasteiger partial charge in [0.15, 0.2) is 0 Å². The smallest absolute Gasteiger partial charge is 0.224 e. The lowest BCUT2D eigenvalue weighted by Crippen LogP contribution is -2.43. The summed E-state index contributed by atoms with van der Waals surface area (Å²) in [6, 6.07) is 8.67. The number of amides is 1. The first-order chi connectivity index (χ1) is 12.8. The monoisotopic (exact) mass is 354 g/mol. The second kappa shape index (κ2) is 7.91. The number of rotatable bonds is 7. The van der Waals surface area contributed by atoms with Gasteiger partial charge in [-0.15, -0.1) is 0 Å². The Morgan fingerprint density at radius 1 is 1.19 bits per heavy atom. The zero-order valence-electron chi connectivity index (χ0n) is 15.0. The van der Waals surface area contributed by atoms with E-state index in [1.54, 1.807) is 6.20 Å². The summed E-state index contributed by atoms with van der Waals surface area (Å²) in [6.45, 7) is 4.33. The number of piperidine rings is 1. The topological polar surface area (TPSA) is 59.4 Å². The maximum absolute atomic E-state index is 12.0. The Morgan fingerprint density at radius 2 is 2.08 bits per heavy atom. The fourth-order valence-corrected chi connectivity index (χ4v) is 3.87. The van der Waals surface area contributed by atoms with Gasteiger partial charge in [-0.05, 0) is 37.0 Å². The van der Waals surface area contributed by atoms with Crippen LogP contribution in [0.15, 0.2) is 43.0 Å². The minimum Gasteiger partial charge on any atom is -0.494 e. The maximum atomic E-state index is 12.0. The van der Waals surface area contributed by atoms with Gasteiger partial charge in [0.1, 0.15) is 5.75 Å². The summed E-state index contributed by atoms with van der Waals surface area (Å²) < 4.78 is 7.88. The van der Waals surface area contributed by atoms with Gasteiger partial charge in [0.2, 0.25) is 5.91 Å². The first-order valence-electron chi connectivity index (χ1n) is 9.46. The molecule has 2 atom stereocenters. The highest BCUT2D eigenvalue weighted by atomic mass is 16.5. The molecule has 1 N–H and O–H groups in total. The molecule has 5 rings (SSSR count). The third-order valence-electron chi connectivity index (χ3n) is 5.26. The van der Waals surface area contributed by atoms with E-state index in [2.05, 4.69) is 31.9 Å². The van der Waals surface area contributed by atoms with E-state index in [0.29, 0.717) is 12.6 Å². The van der Waals surface area contributed by atoms with E-state index < -0.39 is 0 Å². The summed E-state index contributed by atoms with van der Waals surface area (Å²) in [7, 11) is 0. The largest absolute Gasteiger partial charge is 0.494 e. The SMILES string of the molecule is O=C1NC2CCC1CN(Cc1ccc(OCCCn3ccnc3)cc1)C2. The van der Waals surface area contributed by atoms with Gasteiger partial charge >= 0.3 is 0 Å². The van der Waals surface area contributed by atoms with Crippen LogP contribution in [0.25, 0.3) is 0 Å². The number of aryl methyl sites for hydroxylation is 1. The number of aromatic nitrogens is 2. The molecule has 6 heteroatoms. The van der Waals surface area contributed by atoms with Crippen LogP contribution in [0.1, 0.15) is 24.8 Å². The third-order valence-corrected chi connectivity index (χ3v) is 5.26. The van der Waals surface area contributed by atoms with E-state index in [-0.39, 0.29) is 11.8 Å². The second-order valence-corrected chi connectivity index (χ2v) is 7.32. The van der Waals surface area contributed by atoms with Crippen molar-refractivity contribution in [2.24, 2.45) is 5.92 Å². The summed E-state index contributed by atoms with van der Waals surface area (Å²) >= 11 is 0. The fraction of sp³-hybridized carbons (Fsp3) is 0.500. The molecule has 1 amide bonds. The molecule has 138 valence electrons. The van der Waals surface area contributed by atoms with Crippen molar-refractivity contribution in [3.63, 3.8) is 0 Å². The molecule has 0 radical (unpaired) electrons. The fourth-order valence-electron chi connectivity index (χ4n) is 3.87. The van der Waals surface area contributed by atoms with Crippen molar-refractivity contribution in [3.05, 3.63) is 48.5 Å². The lowest BCUT2D eigenvalue weighted by molar-refractivity contribution is -0.126. The van der Waals surface area contributed by atoms with Gasteiger partial charge in [0.25, 0.3) is 0 Å². The molecule has 3 saturated heterocycles. The van der Waals surface area contributed by atoms with Crippen LogP contribution in [0.2, 0.25) is 0 Å². The molecule has 1 aromatic carbocycles. The van der Waals surface area contributed by atoms with Crippen LogP contribution in [-0.4, -0.2) is 46.1 Å². The summed E-state index contributed by atoms with van der Waals surface area (Å²) in [5.41, 5.74) is 1.27. The number of hydrogen-bond acceptors (Lipinski definition) is 4. The number of fused-ring (bicyclic) bond motifs is 4. The Morgan fingerprint density at radius 3 is 2.85 bits per heavy atom. The zero-order valence-corrected chi connectivity index (χ0v) is 15.0. The quantitative estimate of drug-likeness (QED) is 0.774. The van der Waals surface area contributed by atoms with Crippen LogP contribution >= 0.6 is 0 Å². The third kappa shape index (κ3) is 4.25. The predicted molar refractivity (Wildman–Crippen MR) is 98.7 cm³/mol. The van der Waals surface area contributed by atoms with Crippen LogP contribution in [0.5, 0.6) is 5.75 Å². The molecular formula is C20H26N4O2. The van der Waals surface area contributed by atoms with Gasteiger partial charge in [-0.2, -0.15) is 0 Å². The number of hydrogen-bond donors (Lipinski definition) is 1. The van der Waals surface area contributed by atoms with E-state index >= 15 is 0 Å². The Hall–Kier alpha value is -2.34. The van der Waals surface area contributed by atoms with Gasteiger partial charge in [-0.1, -0.05) is 12.1 Å². The number of imidazole rings is 1. The molecule has 4 heterocycles. The Labute approximate surface area is 154 Å². The Balaban J connectivity index is 1.24. The lowest BCUT2D eigenvalue weighted by Gasteiger charge is -2.23. The highest BCUT2D eigenvalue weighted by molar-refractivity contribution is 5.80. The van der Waals surface area contributed by atoms with Crippen molar-refractivity contribution >= 4 is 5.91 Å². The van der Waals surface area contributed by atoms with Crippen LogP contribution < -0.4 is 10.1 Å². The molecule has 3 aliphatic rings. The van der Waals surface area contributed by atoms with Crippen LogP contribution in [0.4, 0.5) is 0 Å². The highest BCUT2D eigenvalue weighted by Gasteiger charge is 2.34. The standard InChI is InChI=1S/C20H26N4O2/c25-20-17-4-5-18(22-20)14-24(13-17)12-16-2-6-19(7-3-16)26-11-1-9-23-10-8-21-15-23/h2-3,6-8,10,15,17-18H,1,4-5,9,11-14H2,(H,22,25). The molecule has 0 spiro atoms. The van der Waals surface area contributed by atoms with Crippen molar-refractivity contribution < 1.29 is 9.53 Å². The van der Waals surface area contributed by atoms with Crippen LogP contribution in [-0.2, 0) is 17.9 Å². The molecule has 2 aromatic rings. The Kier molecular flexibility index (Phi) is 5.20. The zero-order chi connectivity index (χ0) is 17.8. The number of nitrogens with zero attached hydrogens (tertiary/aromatic N) is 3. The second-order valence-electron chi connectivity index (χ2n) is 7.32. The highest BCUT2D eigenvalue weighted by Crippen LogP contribution is 2.24. The van der Waals surface area contributed by atoms with Crippen LogP contribution in [0, 0.1) is 5.92 Å². The van der Waals surface area contributed by atoms with E-state index in [1.165, 1.54) is 5.56 Å². The molecule has 6 nitrogen and oxygen atoms in total. The molecule has 1 aromatic heterocycles. The molecule has 2 bridgehead atoms. The minimum absolute atomic E-state index is 0.159. The molecule has 2 unspecified atom stereocenters. The van der Waals surface area contributed by atoms with Gasteiger partial charge in [0.05, 0.1) is 18.9 Å². The van der Waals surface area contributed by atoms with Gasteiger partial charge in [0, 0.05) is 44.6 Å². The molecule has 0 saturated carbocycles. The lowest BCUT2D eigenvalue weighted by atomic mass is 9.96. The number of benzene rings is 1.